The van der Waals surface area contributed by atoms with Crippen molar-refractivity contribution in [3.05, 3.63) is 16.1 Å². The molecule has 1 atom stereocenters. The monoisotopic (exact) mass is 338 g/mol. The Morgan fingerprint density at radius 3 is 2.74 bits per heavy atom. The van der Waals surface area contributed by atoms with Crippen LogP contribution in [0.15, 0.2) is 5.38 Å². The molecule has 0 bridgehead atoms. The Kier molecular flexibility index (Phi) is 5.79. The summed E-state index contributed by atoms with van der Waals surface area (Å²) in [5, 5.41) is 3.17. The van der Waals surface area contributed by atoms with Gasteiger partial charge in [0.15, 0.2) is 0 Å². The van der Waals surface area contributed by atoms with Gasteiger partial charge < -0.3 is 9.64 Å². The highest BCUT2D eigenvalue weighted by Gasteiger charge is 2.27. The fourth-order valence-corrected chi connectivity index (χ4v) is 3.65. The minimum atomic E-state index is -0.501. The van der Waals surface area contributed by atoms with Gasteiger partial charge in [-0.15, -0.1) is 11.3 Å². The van der Waals surface area contributed by atoms with Crippen LogP contribution in [0.1, 0.15) is 63.1 Å². The lowest BCUT2D eigenvalue weighted by molar-refractivity contribution is -0.156. The number of nitrogens with zero attached hydrogens (tertiary/aromatic N) is 2. The van der Waals surface area contributed by atoms with Crippen molar-refractivity contribution in [3.8, 4) is 0 Å². The zero-order valence-corrected chi connectivity index (χ0v) is 15.2. The Labute approximate surface area is 142 Å². The van der Waals surface area contributed by atoms with Crippen molar-refractivity contribution in [2.24, 2.45) is 0 Å². The first-order valence-electron chi connectivity index (χ1n) is 8.16. The minimum absolute atomic E-state index is 0.0360. The Morgan fingerprint density at radius 2 is 2.13 bits per heavy atom. The van der Waals surface area contributed by atoms with Gasteiger partial charge in [0, 0.05) is 36.5 Å². The summed E-state index contributed by atoms with van der Waals surface area (Å²) in [6.45, 7) is 8.97. The van der Waals surface area contributed by atoms with E-state index >= 15 is 0 Å². The van der Waals surface area contributed by atoms with Crippen molar-refractivity contribution in [2.75, 3.05) is 13.1 Å². The number of carbonyl (C=O) groups is 2. The highest BCUT2D eigenvalue weighted by molar-refractivity contribution is 7.09. The summed E-state index contributed by atoms with van der Waals surface area (Å²) in [5.74, 6) is 0.0525. The number of thiazole rings is 1. The second-order valence-electron chi connectivity index (χ2n) is 7.09. The zero-order valence-electron chi connectivity index (χ0n) is 14.4. The molecule has 0 radical (unpaired) electrons. The van der Waals surface area contributed by atoms with Crippen LogP contribution < -0.4 is 0 Å². The zero-order chi connectivity index (χ0) is 17.0. The van der Waals surface area contributed by atoms with Gasteiger partial charge in [0.05, 0.1) is 11.4 Å². The summed E-state index contributed by atoms with van der Waals surface area (Å²) in [6.07, 6.45) is 2.43. The van der Waals surface area contributed by atoms with Gasteiger partial charge in [-0.05, 0) is 40.5 Å². The van der Waals surface area contributed by atoms with Crippen LogP contribution >= 0.6 is 11.3 Å². The topological polar surface area (TPSA) is 59.5 Å². The predicted molar refractivity (Wildman–Crippen MR) is 90.5 cm³/mol. The molecule has 2 rings (SSSR count). The third-order valence-electron chi connectivity index (χ3n) is 3.72. The van der Waals surface area contributed by atoms with Gasteiger partial charge >= 0.3 is 5.97 Å². The molecule has 0 aliphatic carbocycles. The Morgan fingerprint density at radius 1 is 1.39 bits per heavy atom. The smallest absolute Gasteiger partial charge is 0.306 e. The van der Waals surface area contributed by atoms with Crippen molar-refractivity contribution in [1.82, 2.24) is 9.88 Å². The number of amides is 1. The number of hydrogen-bond acceptors (Lipinski definition) is 5. The third-order valence-corrected chi connectivity index (χ3v) is 4.85. The van der Waals surface area contributed by atoms with Crippen LogP contribution in [-0.4, -0.2) is 40.5 Å². The van der Waals surface area contributed by atoms with Crippen LogP contribution in [0.5, 0.6) is 0 Å². The molecule has 0 spiro atoms. The quantitative estimate of drug-likeness (QED) is 0.791. The van der Waals surface area contributed by atoms with Gasteiger partial charge in [0.25, 0.3) is 0 Å². The maximum atomic E-state index is 12.4. The molecule has 1 fully saturated rings. The van der Waals surface area contributed by atoms with Crippen LogP contribution in [0.3, 0.4) is 0 Å². The second kappa shape index (κ2) is 7.43. The molecule has 128 valence electrons. The van der Waals surface area contributed by atoms with E-state index in [4.69, 9.17) is 4.74 Å². The number of likely N-dealkylation sites (tertiary alicyclic amines) is 1. The number of esters is 1. The number of piperidine rings is 1. The largest absolute Gasteiger partial charge is 0.460 e. The lowest BCUT2D eigenvalue weighted by Gasteiger charge is -2.32. The second-order valence-corrected chi connectivity index (χ2v) is 7.98. The molecule has 1 aromatic heterocycles. The summed E-state index contributed by atoms with van der Waals surface area (Å²) in [4.78, 5) is 30.5. The maximum absolute atomic E-state index is 12.4. The van der Waals surface area contributed by atoms with Crippen LogP contribution in [0, 0.1) is 6.92 Å². The molecule has 5 nitrogen and oxygen atoms in total. The van der Waals surface area contributed by atoms with E-state index in [9.17, 15) is 9.59 Å². The Bertz CT molecular complexity index is 562. The molecule has 6 heteroatoms. The first-order chi connectivity index (χ1) is 10.7. The molecule has 0 saturated carbocycles. The van der Waals surface area contributed by atoms with Crippen LogP contribution in [0.2, 0.25) is 0 Å². The number of carbonyl (C=O) groups excluding carboxylic acids is 2. The van der Waals surface area contributed by atoms with Crippen LogP contribution in [0.4, 0.5) is 0 Å². The maximum Gasteiger partial charge on any atom is 0.306 e. The van der Waals surface area contributed by atoms with Gasteiger partial charge in [-0.25, -0.2) is 4.98 Å². The molecule has 2 heterocycles. The van der Waals surface area contributed by atoms with E-state index < -0.39 is 5.60 Å². The molecule has 23 heavy (non-hydrogen) atoms. The third kappa shape index (κ3) is 5.61. The van der Waals surface area contributed by atoms with Crippen LogP contribution in [-0.2, 0) is 14.3 Å². The summed E-state index contributed by atoms with van der Waals surface area (Å²) in [5.41, 5.74) is 0.539. The van der Waals surface area contributed by atoms with Gasteiger partial charge in [0.1, 0.15) is 5.60 Å². The van der Waals surface area contributed by atoms with E-state index in [1.54, 1.807) is 11.3 Å². The molecule has 0 unspecified atom stereocenters. The average Bonchev–Trinajstić information content (AvgIpc) is 2.90. The fourth-order valence-electron chi connectivity index (χ4n) is 2.72. The number of aryl methyl sites for hydroxylation is 1. The molecule has 1 aliphatic rings. The van der Waals surface area contributed by atoms with Crippen molar-refractivity contribution in [2.45, 2.75) is 64.9 Å². The van der Waals surface area contributed by atoms with Crippen molar-refractivity contribution < 1.29 is 14.3 Å². The van der Waals surface area contributed by atoms with Gasteiger partial charge in [-0.3, -0.25) is 9.59 Å². The number of rotatable bonds is 4. The first-order valence-corrected chi connectivity index (χ1v) is 9.04. The highest BCUT2D eigenvalue weighted by atomic mass is 32.1. The van der Waals surface area contributed by atoms with Gasteiger partial charge in [-0.1, -0.05) is 0 Å². The molecule has 0 aromatic carbocycles. The van der Waals surface area contributed by atoms with E-state index in [-0.39, 0.29) is 24.7 Å². The molecule has 1 aliphatic heterocycles. The first kappa shape index (κ1) is 17.9. The highest BCUT2D eigenvalue weighted by Crippen LogP contribution is 2.29. The Balaban J connectivity index is 1.83. The van der Waals surface area contributed by atoms with Gasteiger partial charge in [-0.2, -0.15) is 0 Å². The van der Waals surface area contributed by atoms with Crippen molar-refractivity contribution in [3.63, 3.8) is 0 Å². The molecular weight excluding hydrogens is 312 g/mol. The summed E-state index contributed by atoms with van der Waals surface area (Å²) in [6, 6.07) is 0. The predicted octanol–water partition coefficient (Wildman–Crippen LogP) is 3.28. The lowest BCUT2D eigenvalue weighted by Crippen LogP contribution is -2.39. The summed E-state index contributed by atoms with van der Waals surface area (Å²) in [7, 11) is 0. The molecule has 0 N–H and O–H groups in total. The molecular formula is C17H26N2O3S. The standard InChI is InChI=1S/C17H26N2O3S/c1-12-11-23-16(18-12)13-6-5-9-19(10-13)14(20)7-8-15(21)22-17(2,3)4/h11,13H,5-10H2,1-4H3/t13-/m1/s1. The summed E-state index contributed by atoms with van der Waals surface area (Å²) >= 11 is 1.67. The number of hydrogen-bond donors (Lipinski definition) is 0. The number of ether oxygens (including phenoxy) is 1. The van der Waals surface area contributed by atoms with Crippen molar-refractivity contribution >= 4 is 23.2 Å². The van der Waals surface area contributed by atoms with E-state index in [2.05, 4.69) is 10.4 Å². The molecule has 1 saturated heterocycles. The van der Waals surface area contributed by atoms with E-state index in [1.165, 1.54) is 0 Å². The average molecular weight is 338 g/mol. The van der Waals surface area contributed by atoms with Gasteiger partial charge in [0.2, 0.25) is 5.91 Å². The lowest BCUT2D eigenvalue weighted by atomic mass is 9.98. The van der Waals surface area contributed by atoms with Crippen LogP contribution in [0.25, 0.3) is 0 Å². The van der Waals surface area contributed by atoms with Crippen molar-refractivity contribution in [1.29, 1.82) is 0 Å². The summed E-state index contributed by atoms with van der Waals surface area (Å²) < 4.78 is 5.25. The van der Waals surface area contributed by atoms with E-state index in [0.717, 1.165) is 30.1 Å². The van der Waals surface area contributed by atoms with E-state index in [1.807, 2.05) is 32.6 Å². The minimum Gasteiger partial charge on any atom is -0.460 e. The fraction of sp³-hybridized carbons (Fsp3) is 0.706. The SMILES string of the molecule is Cc1csc([C@@H]2CCCN(C(=O)CCC(=O)OC(C)(C)C)C2)n1. The normalized spacial score (nSPS) is 18.8. The molecule has 1 aromatic rings. The van der Waals surface area contributed by atoms with E-state index in [0.29, 0.717) is 12.5 Å². The molecule has 1 amide bonds. The Hall–Kier alpha value is -1.43. The number of aromatic nitrogens is 1.